The molecule has 1 aliphatic rings. The van der Waals surface area contributed by atoms with Crippen LogP contribution < -0.4 is 5.32 Å². The molecule has 0 unspecified atom stereocenters. The van der Waals surface area contributed by atoms with Gasteiger partial charge in [-0.05, 0) is 46.7 Å². The first-order valence-electron chi connectivity index (χ1n) is 10.2. The minimum absolute atomic E-state index is 0.0464. The van der Waals surface area contributed by atoms with Gasteiger partial charge in [0.25, 0.3) is 0 Å². The average Bonchev–Trinajstić information content (AvgIpc) is 3.11. The monoisotopic (exact) mass is 437 g/mol. The molecule has 3 aromatic carbocycles. The van der Waals surface area contributed by atoms with Crippen LogP contribution in [0, 0.1) is 11.6 Å². The molecule has 0 saturated heterocycles. The van der Waals surface area contributed by atoms with Crippen molar-refractivity contribution in [3.63, 3.8) is 0 Å². The zero-order valence-electron chi connectivity index (χ0n) is 17.1. The van der Waals surface area contributed by atoms with Crippen molar-refractivity contribution in [1.82, 2.24) is 5.32 Å². The van der Waals surface area contributed by atoms with E-state index in [0.717, 1.165) is 28.3 Å². The average molecular weight is 437 g/mol. The zero-order valence-corrected chi connectivity index (χ0v) is 17.1. The minimum Gasteiger partial charge on any atom is -0.480 e. The van der Waals surface area contributed by atoms with Gasteiger partial charge in [0.1, 0.15) is 12.6 Å². The summed E-state index contributed by atoms with van der Waals surface area (Å²) < 4.78 is 32.5. The SMILES string of the molecule is O=C(N[C@H](CCc1cccc(F)c1F)C(=O)O)OCC1c2ccccc2-c2ccccc21. The number of carbonyl (C=O) groups excluding carboxylic acids is 1. The van der Waals surface area contributed by atoms with Gasteiger partial charge in [-0.25, -0.2) is 18.4 Å². The van der Waals surface area contributed by atoms with E-state index in [2.05, 4.69) is 5.32 Å². The number of benzene rings is 3. The summed E-state index contributed by atoms with van der Waals surface area (Å²) in [6.45, 7) is 0.0464. The predicted octanol–water partition coefficient (Wildman–Crippen LogP) is 4.89. The number of nitrogens with one attached hydrogen (secondary N) is 1. The molecule has 1 atom stereocenters. The van der Waals surface area contributed by atoms with E-state index in [-0.39, 0.29) is 30.9 Å². The van der Waals surface area contributed by atoms with E-state index in [4.69, 9.17) is 4.74 Å². The Bertz CT molecular complexity index is 1120. The number of hydrogen-bond acceptors (Lipinski definition) is 3. The Morgan fingerprint density at radius 1 is 0.938 bits per heavy atom. The van der Waals surface area contributed by atoms with Crippen molar-refractivity contribution in [1.29, 1.82) is 0 Å². The molecule has 5 nitrogen and oxygen atoms in total. The van der Waals surface area contributed by atoms with E-state index in [0.29, 0.717) is 0 Å². The third kappa shape index (κ3) is 4.32. The Morgan fingerprint density at radius 3 is 2.19 bits per heavy atom. The molecule has 7 heteroatoms. The third-order valence-electron chi connectivity index (χ3n) is 5.67. The molecule has 0 spiro atoms. The molecule has 2 N–H and O–H groups in total. The van der Waals surface area contributed by atoms with Gasteiger partial charge in [0.05, 0.1) is 0 Å². The summed E-state index contributed by atoms with van der Waals surface area (Å²) in [4.78, 5) is 23.9. The highest BCUT2D eigenvalue weighted by Crippen LogP contribution is 2.44. The first-order valence-corrected chi connectivity index (χ1v) is 10.2. The van der Waals surface area contributed by atoms with Crippen LogP contribution in [-0.2, 0) is 16.0 Å². The Labute approximate surface area is 183 Å². The van der Waals surface area contributed by atoms with Crippen LogP contribution in [-0.4, -0.2) is 29.8 Å². The standard InChI is InChI=1S/C25H21F2NO4/c26-21-11-5-6-15(23(21)27)12-13-22(24(29)30)28-25(31)32-14-20-18-9-3-1-7-16(18)17-8-2-4-10-19(17)20/h1-11,20,22H,12-14H2,(H,28,31)(H,29,30)/t22-/m1/s1. The van der Waals surface area contributed by atoms with E-state index in [9.17, 15) is 23.5 Å². The highest BCUT2D eigenvalue weighted by molar-refractivity contribution is 5.81. The number of carboxylic acid groups (broad SMARTS) is 1. The number of fused-ring (bicyclic) bond motifs is 3. The van der Waals surface area contributed by atoms with Gasteiger partial charge >= 0.3 is 12.1 Å². The van der Waals surface area contributed by atoms with Crippen molar-refractivity contribution >= 4 is 12.1 Å². The fourth-order valence-electron chi connectivity index (χ4n) is 4.08. The van der Waals surface area contributed by atoms with Crippen LogP contribution in [0.5, 0.6) is 0 Å². The Kier molecular flexibility index (Phi) is 6.16. The van der Waals surface area contributed by atoms with E-state index in [1.807, 2.05) is 48.5 Å². The molecule has 0 heterocycles. The maximum Gasteiger partial charge on any atom is 0.407 e. The maximum atomic E-state index is 13.8. The number of aliphatic carboxylic acids is 1. The Hall–Kier alpha value is -3.74. The molecular weight excluding hydrogens is 416 g/mol. The molecule has 0 bridgehead atoms. The molecule has 0 aromatic heterocycles. The highest BCUT2D eigenvalue weighted by atomic mass is 19.2. The summed E-state index contributed by atoms with van der Waals surface area (Å²) in [5.41, 5.74) is 4.29. The lowest BCUT2D eigenvalue weighted by Crippen LogP contribution is -2.41. The van der Waals surface area contributed by atoms with E-state index in [1.165, 1.54) is 12.1 Å². The van der Waals surface area contributed by atoms with Crippen molar-refractivity contribution in [3.8, 4) is 11.1 Å². The highest BCUT2D eigenvalue weighted by Gasteiger charge is 2.29. The first kappa shape index (κ1) is 21.5. The number of amides is 1. The van der Waals surface area contributed by atoms with Gasteiger partial charge in [-0.2, -0.15) is 0 Å². The van der Waals surface area contributed by atoms with Crippen molar-refractivity contribution in [2.24, 2.45) is 0 Å². The Morgan fingerprint density at radius 2 is 1.56 bits per heavy atom. The number of alkyl carbamates (subject to hydrolysis) is 1. The third-order valence-corrected chi connectivity index (χ3v) is 5.67. The summed E-state index contributed by atoms with van der Waals surface area (Å²) in [6.07, 6.45) is -1.04. The van der Waals surface area contributed by atoms with Crippen molar-refractivity contribution in [3.05, 3.63) is 95.1 Å². The van der Waals surface area contributed by atoms with Crippen LogP contribution in [0.2, 0.25) is 0 Å². The molecule has 3 aromatic rings. The lowest BCUT2D eigenvalue weighted by Gasteiger charge is -2.17. The summed E-state index contributed by atoms with van der Waals surface area (Å²) in [5.74, 6) is -3.45. The second-order valence-electron chi connectivity index (χ2n) is 7.61. The number of halogens is 2. The van der Waals surface area contributed by atoms with Gasteiger partial charge in [-0.3, -0.25) is 0 Å². The van der Waals surface area contributed by atoms with Crippen LogP contribution in [0.25, 0.3) is 11.1 Å². The molecule has 0 radical (unpaired) electrons. The molecular formula is C25H21F2NO4. The fourth-order valence-corrected chi connectivity index (χ4v) is 4.08. The van der Waals surface area contributed by atoms with Gasteiger partial charge < -0.3 is 15.2 Å². The van der Waals surface area contributed by atoms with E-state index < -0.39 is 29.7 Å². The van der Waals surface area contributed by atoms with Crippen LogP contribution >= 0.6 is 0 Å². The molecule has 4 rings (SSSR count). The van der Waals surface area contributed by atoms with E-state index >= 15 is 0 Å². The normalized spacial score (nSPS) is 13.2. The number of rotatable bonds is 7. The van der Waals surface area contributed by atoms with Crippen LogP contribution in [0.4, 0.5) is 13.6 Å². The smallest absolute Gasteiger partial charge is 0.407 e. The lowest BCUT2D eigenvalue weighted by molar-refractivity contribution is -0.139. The zero-order chi connectivity index (χ0) is 22.7. The number of ether oxygens (including phenoxy) is 1. The topological polar surface area (TPSA) is 75.6 Å². The summed E-state index contributed by atoms with van der Waals surface area (Å²) >= 11 is 0. The van der Waals surface area contributed by atoms with Gasteiger partial charge in [-0.15, -0.1) is 0 Å². The van der Waals surface area contributed by atoms with Crippen molar-refractivity contribution in [2.45, 2.75) is 24.8 Å². The minimum atomic E-state index is -1.30. The van der Waals surface area contributed by atoms with Crippen LogP contribution in [0.1, 0.15) is 29.0 Å². The first-order chi connectivity index (χ1) is 15.5. The molecule has 1 amide bonds. The number of hydrogen-bond donors (Lipinski definition) is 2. The van der Waals surface area contributed by atoms with Crippen molar-refractivity contribution in [2.75, 3.05) is 6.61 Å². The lowest BCUT2D eigenvalue weighted by atomic mass is 9.98. The fraction of sp³-hybridized carbons (Fsp3) is 0.200. The van der Waals surface area contributed by atoms with Gasteiger partial charge in [-0.1, -0.05) is 60.7 Å². The summed E-state index contributed by atoms with van der Waals surface area (Å²) in [6, 6.07) is 18.1. The molecule has 0 aliphatic heterocycles. The summed E-state index contributed by atoms with van der Waals surface area (Å²) in [5, 5.41) is 11.7. The summed E-state index contributed by atoms with van der Waals surface area (Å²) in [7, 11) is 0. The quantitative estimate of drug-likeness (QED) is 0.552. The van der Waals surface area contributed by atoms with Crippen LogP contribution in [0.3, 0.4) is 0 Å². The molecule has 0 fully saturated rings. The van der Waals surface area contributed by atoms with Gasteiger partial charge in [0.15, 0.2) is 11.6 Å². The number of aryl methyl sites for hydroxylation is 1. The van der Waals surface area contributed by atoms with Gasteiger partial charge in [0.2, 0.25) is 0 Å². The maximum absolute atomic E-state index is 13.8. The largest absolute Gasteiger partial charge is 0.480 e. The molecule has 0 saturated carbocycles. The number of carboxylic acids is 1. The second kappa shape index (κ2) is 9.18. The second-order valence-corrected chi connectivity index (χ2v) is 7.61. The van der Waals surface area contributed by atoms with Gasteiger partial charge in [0, 0.05) is 5.92 Å². The van der Waals surface area contributed by atoms with Crippen molar-refractivity contribution < 1.29 is 28.2 Å². The molecule has 1 aliphatic carbocycles. The number of carbonyl (C=O) groups is 2. The molecule has 164 valence electrons. The Balaban J connectivity index is 1.39. The van der Waals surface area contributed by atoms with E-state index in [1.54, 1.807) is 0 Å². The van der Waals surface area contributed by atoms with Crippen LogP contribution in [0.15, 0.2) is 66.7 Å². The predicted molar refractivity (Wildman–Crippen MR) is 114 cm³/mol. The molecule has 32 heavy (non-hydrogen) atoms.